The van der Waals surface area contributed by atoms with E-state index in [4.69, 9.17) is 4.74 Å². The van der Waals surface area contributed by atoms with Crippen molar-refractivity contribution in [3.8, 4) is 0 Å². The molecule has 5 heterocycles. The minimum absolute atomic E-state index is 0.00854. The van der Waals surface area contributed by atoms with Crippen molar-refractivity contribution in [2.75, 3.05) is 45.9 Å². The summed E-state index contributed by atoms with van der Waals surface area (Å²) >= 11 is 1.28. The highest BCUT2D eigenvalue weighted by molar-refractivity contribution is 7.11. The first-order valence-corrected chi connectivity index (χ1v) is 19.1. The number of nitrogens with zero attached hydrogens (tertiary/aromatic N) is 5. The van der Waals surface area contributed by atoms with Gasteiger partial charge in [0.05, 0.1) is 30.1 Å². The third kappa shape index (κ3) is 7.02. The molecule has 2 saturated carbocycles. The van der Waals surface area contributed by atoms with E-state index in [1.165, 1.54) is 30.6 Å². The minimum atomic E-state index is -0.854. The molecule has 0 bridgehead atoms. The van der Waals surface area contributed by atoms with Crippen molar-refractivity contribution < 1.29 is 23.9 Å². The highest BCUT2D eigenvalue weighted by atomic mass is 32.1. The van der Waals surface area contributed by atoms with Crippen molar-refractivity contribution in [2.24, 2.45) is 28.6 Å². The number of imidazole rings is 1. The first kappa shape index (κ1) is 34.1. The van der Waals surface area contributed by atoms with Gasteiger partial charge in [-0.3, -0.25) is 24.2 Å². The maximum atomic E-state index is 14.5. The van der Waals surface area contributed by atoms with Crippen LogP contribution in [0.1, 0.15) is 93.4 Å². The van der Waals surface area contributed by atoms with Gasteiger partial charge in [-0.25, -0.2) is 4.98 Å². The van der Waals surface area contributed by atoms with Gasteiger partial charge >= 0.3 is 0 Å². The molecule has 2 aromatic heterocycles. The fourth-order valence-electron chi connectivity index (χ4n) is 8.73. The Morgan fingerprint density at radius 1 is 0.980 bits per heavy atom. The van der Waals surface area contributed by atoms with Gasteiger partial charge in [0.15, 0.2) is 0 Å². The van der Waals surface area contributed by atoms with Crippen LogP contribution < -0.4 is 5.32 Å². The van der Waals surface area contributed by atoms with Gasteiger partial charge in [0.1, 0.15) is 10.9 Å². The number of carbonyl (C=O) groups excluding carboxylic acids is 4. The second-order valence-corrected chi connectivity index (χ2v) is 16.9. The largest absolute Gasteiger partial charge is 0.376 e. The van der Waals surface area contributed by atoms with Crippen molar-refractivity contribution in [1.82, 2.24) is 35.0 Å². The summed E-state index contributed by atoms with van der Waals surface area (Å²) in [6, 6.07) is -0.854. The summed E-state index contributed by atoms with van der Waals surface area (Å²) in [4.78, 5) is 73.0. The number of ether oxygens (including phenoxy) is 1. The van der Waals surface area contributed by atoms with Crippen LogP contribution in [-0.4, -0.2) is 111 Å². The molecule has 7 rings (SSSR count). The van der Waals surface area contributed by atoms with Gasteiger partial charge in [0, 0.05) is 75.0 Å². The Bertz CT molecular complexity index is 1490. The molecule has 13 heteroatoms. The van der Waals surface area contributed by atoms with E-state index >= 15 is 0 Å². The monoisotopic (exact) mass is 693 g/mol. The van der Waals surface area contributed by atoms with Crippen LogP contribution in [0.4, 0.5) is 0 Å². The number of likely N-dealkylation sites (tertiary alicyclic amines) is 3. The number of carbonyl (C=O) groups is 4. The van der Waals surface area contributed by atoms with Crippen molar-refractivity contribution >= 4 is 35.0 Å². The molecule has 4 atom stereocenters. The Kier molecular flexibility index (Phi) is 9.60. The van der Waals surface area contributed by atoms with Crippen LogP contribution in [0.25, 0.3) is 0 Å². The lowest BCUT2D eigenvalue weighted by atomic mass is 9.70. The number of nitrogens with one attached hydrogen (secondary N) is 2. The van der Waals surface area contributed by atoms with E-state index in [0.29, 0.717) is 56.0 Å². The molecule has 0 radical (unpaired) electrons. The number of aromatic amines is 1. The van der Waals surface area contributed by atoms with Crippen molar-refractivity contribution in [2.45, 2.75) is 90.2 Å². The molecule has 12 nitrogen and oxygen atoms in total. The summed E-state index contributed by atoms with van der Waals surface area (Å²) in [6.45, 7) is 9.33. The highest BCUT2D eigenvalue weighted by Crippen LogP contribution is 2.54. The third-order valence-corrected chi connectivity index (χ3v) is 12.9. The van der Waals surface area contributed by atoms with Gasteiger partial charge in [-0.05, 0) is 50.4 Å². The molecule has 3 saturated heterocycles. The lowest BCUT2D eigenvalue weighted by Gasteiger charge is -2.50. The Balaban J connectivity index is 1.07. The number of thiazole rings is 1. The van der Waals surface area contributed by atoms with Crippen molar-refractivity contribution in [3.05, 3.63) is 34.8 Å². The molecule has 266 valence electrons. The SMILES string of the molecule is C[C@@H](OCC1CCCCC1)[C@H](NC(=O)[C@@H]1CN(C(=O)c2cncs2)CC12CN(C(=O)[C@H]1CC1(C)C)C2)C(=O)N1CCC(c2cnc[nH]2)CC1. The van der Waals surface area contributed by atoms with Crippen molar-refractivity contribution in [1.29, 1.82) is 0 Å². The Hall–Kier alpha value is -3.32. The van der Waals surface area contributed by atoms with E-state index in [1.807, 2.05) is 22.9 Å². The van der Waals surface area contributed by atoms with Gasteiger partial charge in [-0.1, -0.05) is 33.1 Å². The normalized spacial score (nSPS) is 26.3. The van der Waals surface area contributed by atoms with Gasteiger partial charge < -0.3 is 29.7 Å². The van der Waals surface area contributed by atoms with Crippen LogP contribution in [0.15, 0.2) is 24.2 Å². The van der Waals surface area contributed by atoms with E-state index in [-0.39, 0.29) is 41.5 Å². The molecule has 0 aromatic carbocycles. The molecule has 5 aliphatic rings. The van der Waals surface area contributed by atoms with E-state index in [1.54, 1.807) is 22.9 Å². The standard InChI is InChI=1S/C36H51N7O5S/c1-23(48-17-24-7-5-4-6-8-24)30(34(47)41-11-9-25(10-12-41)28-14-37-21-39-28)40-31(44)27-16-42(33(46)29-15-38-22-49-29)18-36(27)19-43(20-36)32(45)26-13-35(26,2)3/h14-15,21-27,30H,4-13,16-20H2,1-3H3,(H,37,39)(H,40,44)/t23-,26-,27+,30+/m1/s1. The first-order chi connectivity index (χ1) is 23.5. The zero-order chi connectivity index (χ0) is 34.3. The van der Waals surface area contributed by atoms with E-state index in [9.17, 15) is 19.2 Å². The van der Waals surface area contributed by atoms with Gasteiger partial charge in [-0.15, -0.1) is 11.3 Å². The molecule has 3 aliphatic heterocycles. The molecule has 1 spiro atoms. The quantitative estimate of drug-likeness (QED) is 0.387. The third-order valence-electron chi connectivity index (χ3n) is 12.1. The molecular weight excluding hydrogens is 643 g/mol. The predicted molar refractivity (Wildman–Crippen MR) is 183 cm³/mol. The minimum Gasteiger partial charge on any atom is -0.376 e. The highest BCUT2D eigenvalue weighted by Gasteiger charge is 2.62. The number of hydrogen-bond acceptors (Lipinski definition) is 8. The number of piperidine rings is 1. The first-order valence-electron chi connectivity index (χ1n) is 18.2. The van der Waals surface area contributed by atoms with Crippen LogP contribution in [-0.2, 0) is 19.1 Å². The topological polar surface area (TPSA) is 141 Å². The lowest BCUT2D eigenvalue weighted by molar-refractivity contribution is -0.153. The molecule has 2 aliphatic carbocycles. The zero-order valence-electron chi connectivity index (χ0n) is 29.1. The van der Waals surface area contributed by atoms with Crippen LogP contribution in [0.2, 0.25) is 0 Å². The summed E-state index contributed by atoms with van der Waals surface area (Å²) in [6.07, 6.45) is 13.0. The molecule has 49 heavy (non-hydrogen) atoms. The van der Waals surface area contributed by atoms with Gasteiger partial charge in [0.25, 0.3) is 5.91 Å². The molecular formula is C36H51N7O5S. The van der Waals surface area contributed by atoms with E-state index in [2.05, 4.69) is 34.1 Å². The number of rotatable bonds is 10. The Morgan fingerprint density at radius 2 is 1.69 bits per heavy atom. The number of amides is 4. The van der Waals surface area contributed by atoms with Gasteiger partial charge in [-0.2, -0.15) is 0 Å². The number of H-pyrrole nitrogens is 1. The van der Waals surface area contributed by atoms with Crippen molar-refractivity contribution in [3.63, 3.8) is 0 Å². The van der Waals surface area contributed by atoms with E-state index < -0.39 is 23.5 Å². The number of aromatic nitrogens is 3. The van der Waals surface area contributed by atoms with E-state index in [0.717, 1.165) is 37.8 Å². The smallest absolute Gasteiger partial charge is 0.265 e. The summed E-state index contributed by atoms with van der Waals surface area (Å²) in [7, 11) is 0. The Morgan fingerprint density at radius 3 is 2.33 bits per heavy atom. The summed E-state index contributed by atoms with van der Waals surface area (Å²) in [5.41, 5.74) is 2.16. The molecule has 2 aromatic rings. The molecule has 5 fully saturated rings. The van der Waals surface area contributed by atoms with Crippen LogP contribution >= 0.6 is 11.3 Å². The fraction of sp³-hybridized carbons (Fsp3) is 0.722. The average molecular weight is 694 g/mol. The summed E-state index contributed by atoms with van der Waals surface area (Å²) in [5, 5.41) is 3.17. The molecule has 2 N–H and O–H groups in total. The Labute approximate surface area is 292 Å². The van der Waals surface area contributed by atoms with Gasteiger partial charge in [0.2, 0.25) is 17.7 Å². The lowest BCUT2D eigenvalue weighted by Crippen LogP contribution is -2.65. The fourth-order valence-corrected chi connectivity index (χ4v) is 9.32. The maximum Gasteiger partial charge on any atom is 0.265 e. The molecule has 4 amide bonds. The van der Waals surface area contributed by atoms with Crippen LogP contribution in [0, 0.1) is 28.6 Å². The zero-order valence-corrected chi connectivity index (χ0v) is 29.9. The predicted octanol–water partition coefficient (Wildman–Crippen LogP) is 3.69. The van der Waals surface area contributed by atoms with Crippen LogP contribution in [0.3, 0.4) is 0 Å². The second kappa shape index (κ2) is 13.8. The second-order valence-electron chi connectivity index (χ2n) is 16.0. The number of hydrogen-bond donors (Lipinski definition) is 2. The maximum absolute atomic E-state index is 14.5. The molecule has 0 unspecified atom stereocenters. The average Bonchev–Trinajstić information content (AvgIpc) is 3.66. The summed E-state index contributed by atoms with van der Waals surface area (Å²) in [5.74, 6) is -0.170. The van der Waals surface area contributed by atoms with Crippen LogP contribution in [0.5, 0.6) is 0 Å². The summed E-state index contributed by atoms with van der Waals surface area (Å²) < 4.78 is 6.40.